The van der Waals surface area contributed by atoms with Crippen molar-refractivity contribution < 1.29 is 13.9 Å². The number of rotatable bonds is 5. The largest absolute Gasteiger partial charge is 0.488 e. The van der Waals surface area contributed by atoms with E-state index in [9.17, 15) is 9.18 Å². The van der Waals surface area contributed by atoms with Crippen LogP contribution in [0, 0.1) is 5.82 Å². The lowest BCUT2D eigenvalue weighted by Crippen LogP contribution is -2.19. The third-order valence-electron chi connectivity index (χ3n) is 4.15. The second-order valence-corrected chi connectivity index (χ2v) is 7.30. The molecule has 3 aromatic rings. The summed E-state index contributed by atoms with van der Waals surface area (Å²) in [5.41, 5.74) is 2.42. The third kappa shape index (κ3) is 4.92. The molecule has 6 heteroatoms. The number of benzene rings is 3. The van der Waals surface area contributed by atoms with Crippen LogP contribution in [0.15, 0.2) is 88.8 Å². The second kappa shape index (κ2) is 8.75. The molecule has 0 saturated carbocycles. The van der Waals surface area contributed by atoms with Crippen molar-refractivity contribution >= 4 is 34.6 Å². The van der Waals surface area contributed by atoms with Crippen LogP contribution in [0.4, 0.5) is 10.1 Å². The smallest absolute Gasteiger partial charge is 0.264 e. The maximum Gasteiger partial charge on any atom is 0.264 e. The summed E-state index contributed by atoms with van der Waals surface area (Å²) in [6.45, 7) is 0.306. The third-order valence-corrected chi connectivity index (χ3v) is 5.06. The highest BCUT2D eigenvalue weighted by atomic mass is 32.2. The molecular weight excluding hydrogens is 387 g/mol. The molecule has 0 unspecified atom stereocenters. The van der Waals surface area contributed by atoms with Crippen molar-refractivity contribution in [3.8, 4) is 5.75 Å². The fraction of sp³-hybridized carbons (Fsp3) is 0.0435. The number of nitrogens with zero attached hydrogens (tertiary/aromatic N) is 1. The van der Waals surface area contributed by atoms with Gasteiger partial charge in [0.05, 0.1) is 10.6 Å². The Bertz CT molecular complexity index is 1080. The van der Waals surface area contributed by atoms with E-state index in [-0.39, 0.29) is 11.7 Å². The molecule has 1 amide bonds. The van der Waals surface area contributed by atoms with Crippen LogP contribution in [0.2, 0.25) is 0 Å². The van der Waals surface area contributed by atoms with Crippen LogP contribution in [0.25, 0.3) is 6.08 Å². The molecule has 4 nitrogen and oxygen atoms in total. The monoisotopic (exact) mass is 404 g/mol. The quantitative estimate of drug-likeness (QED) is 0.588. The Balaban J connectivity index is 1.51. The Morgan fingerprint density at radius 3 is 2.48 bits per heavy atom. The van der Waals surface area contributed by atoms with Gasteiger partial charge in [-0.3, -0.25) is 4.79 Å². The number of thioether (sulfide) groups is 1. The van der Waals surface area contributed by atoms with E-state index in [0.29, 0.717) is 22.4 Å². The minimum atomic E-state index is -0.281. The molecule has 0 aromatic heterocycles. The Morgan fingerprint density at radius 1 is 0.966 bits per heavy atom. The topological polar surface area (TPSA) is 50.7 Å². The van der Waals surface area contributed by atoms with Gasteiger partial charge in [0.15, 0.2) is 5.17 Å². The Kier molecular flexibility index (Phi) is 5.72. The van der Waals surface area contributed by atoms with Crippen molar-refractivity contribution in [3.63, 3.8) is 0 Å². The molecule has 1 aliphatic rings. The predicted molar refractivity (Wildman–Crippen MR) is 114 cm³/mol. The van der Waals surface area contributed by atoms with Gasteiger partial charge in [-0.1, -0.05) is 48.5 Å². The number of nitrogens with one attached hydrogen (secondary N) is 1. The van der Waals surface area contributed by atoms with Gasteiger partial charge >= 0.3 is 0 Å². The Morgan fingerprint density at radius 2 is 1.69 bits per heavy atom. The first kappa shape index (κ1) is 19.0. The van der Waals surface area contributed by atoms with E-state index in [1.165, 1.54) is 23.9 Å². The summed E-state index contributed by atoms with van der Waals surface area (Å²) in [6.07, 6.45) is 1.79. The number of halogens is 1. The first-order valence-electron chi connectivity index (χ1n) is 8.98. The van der Waals surface area contributed by atoms with E-state index in [1.807, 2.05) is 54.6 Å². The maximum absolute atomic E-state index is 13.0. The van der Waals surface area contributed by atoms with Crippen molar-refractivity contribution in [2.24, 2.45) is 4.99 Å². The summed E-state index contributed by atoms with van der Waals surface area (Å²) in [5, 5.41) is 3.32. The van der Waals surface area contributed by atoms with E-state index in [0.717, 1.165) is 16.8 Å². The van der Waals surface area contributed by atoms with Crippen LogP contribution in [0.1, 0.15) is 11.1 Å². The molecule has 0 bridgehead atoms. The number of amidine groups is 1. The van der Waals surface area contributed by atoms with E-state index in [4.69, 9.17) is 4.74 Å². The average Bonchev–Trinajstić information content (AvgIpc) is 3.08. The normalized spacial score (nSPS) is 16.2. The Labute approximate surface area is 172 Å². The second-order valence-electron chi connectivity index (χ2n) is 6.27. The molecule has 1 aliphatic heterocycles. The van der Waals surface area contributed by atoms with Gasteiger partial charge in [0, 0.05) is 5.56 Å². The summed E-state index contributed by atoms with van der Waals surface area (Å²) in [5.74, 6) is 0.167. The summed E-state index contributed by atoms with van der Waals surface area (Å²) in [7, 11) is 0. The number of para-hydroxylation sites is 2. The van der Waals surface area contributed by atoms with Crippen LogP contribution in [0.5, 0.6) is 5.75 Å². The maximum atomic E-state index is 13.0. The lowest BCUT2D eigenvalue weighted by molar-refractivity contribution is -0.115. The average molecular weight is 404 g/mol. The predicted octanol–water partition coefficient (Wildman–Crippen LogP) is 5.30. The lowest BCUT2D eigenvalue weighted by Gasteiger charge is -2.09. The molecule has 4 rings (SSSR count). The molecule has 0 radical (unpaired) electrons. The van der Waals surface area contributed by atoms with Gasteiger partial charge in [0.1, 0.15) is 18.2 Å². The highest BCUT2D eigenvalue weighted by molar-refractivity contribution is 8.18. The van der Waals surface area contributed by atoms with Crippen LogP contribution in [-0.2, 0) is 11.4 Å². The van der Waals surface area contributed by atoms with Gasteiger partial charge in [0.2, 0.25) is 0 Å². The van der Waals surface area contributed by atoms with Gasteiger partial charge in [-0.25, -0.2) is 9.38 Å². The zero-order valence-corrected chi connectivity index (χ0v) is 16.2. The van der Waals surface area contributed by atoms with E-state index < -0.39 is 0 Å². The first-order chi connectivity index (χ1) is 14.2. The van der Waals surface area contributed by atoms with Gasteiger partial charge in [0.25, 0.3) is 5.91 Å². The van der Waals surface area contributed by atoms with Gasteiger partial charge in [-0.2, -0.15) is 0 Å². The fourth-order valence-corrected chi connectivity index (χ4v) is 3.55. The standard InChI is InChI=1S/C23H17FN2O2S/c24-18-12-10-16(11-13-18)15-28-20-9-5-4-6-17(20)14-21-22(27)26-23(29-21)25-19-7-2-1-3-8-19/h1-14H,15H2,(H,25,26,27)/b21-14+. The van der Waals surface area contributed by atoms with Crippen LogP contribution < -0.4 is 10.1 Å². The molecule has 1 heterocycles. The van der Waals surface area contributed by atoms with Crippen molar-refractivity contribution in [3.05, 3.63) is 101 Å². The molecule has 3 aromatic carbocycles. The molecule has 144 valence electrons. The van der Waals surface area contributed by atoms with Crippen LogP contribution in [-0.4, -0.2) is 11.1 Å². The highest BCUT2D eigenvalue weighted by Crippen LogP contribution is 2.30. The molecule has 1 saturated heterocycles. The number of hydrogen-bond donors (Lipinski definition) is 1. The minimum absolute atomic E-state index is 0.196. The van der Waals surface area contributed by atoms with Gasteiger partial charge < -0.3 is 10.1 Å². The lowest BCUT2D eigenvalue weighted by atomic mass is 10.2. The van der Waals surface area contributed by atoms with Crippen molar-refractivity contribution in [2.75, 3.05) is 0 Å². The van der Waals surface area contributed by atoms with Crippen LogP contribution >= 0.6 is 11.8 Å². The number of carbonyl (C=O) groups excluding carboxylic acids is 1. The molecule has 1 fully saturated rings. The SMILES string of the molecule is O=C1NC(=Nc2ccccc2)S/C1=C/c1ccccc1OCc1ccc(F)cc1. The number of carbonyl (C=O) groups is 1. The summed E-state index contributed by atoms with van der Waals surface area (Å²) >= 11 is 1.29. The molecule has 0 aliphatic carbocycles. The Hall–Kier alpha value is -3.38. The fourth-order valence-electron chi connectivity index (χ4n) is 2.71. The number of amides is 1. The van der Waals surface area contributed by atoms with Gasteiger partial charge in [-0.05, 0) is 53.7 Å². The van der Waals surface area contributed by atoms with E-state index in [1.54, 1.807) is 18.2 Å². The molecule has 0 atom stereocenters. The van der Waals surface area contributed by atoms with E-state index in [2.05, 4.69) is 10.3 Å². The summed E-state index contributed by atoms with van der Waals surface area (Å²) in [4.78, 5) is 17.3. The van der Waals surface area contributed by atoms with Crippen molar-refractivity contribution in [1.29, 1.82) is 0 Å². The zero-order chi connectivity index (χ0) is 20.1. The van der Waals surface area contributed by atoms with Crippen LogP contribution in [0.3, 0.4) is 0 Å². The number of hydrogen-bond acceptors (Lipinski definition) is 4. The first-order valence-corrected chi connectivity index (χ1v) is 9.80. The van der Waals surface area contributed by atoms with Crippen molar-refractivity contribution in [2.45, 2.75) is 6.61 Å². The number of ether oxygens (including phenoxy) is 1. The molecule has 0 spiro atoms. The highest BCUT2D eigenvalue weighted by Gasteiger charge is 2.24. The van der Waals surface area contributed by atoms with E-state index >= 15 is 0 Å². The molecule has 29 heavy (non-hydrogen) atoms. The zero-order valence-electron chi connectivity index (χ0n) is 15.3. The van der Waals surface area contributed by atoms with Gasteiger partial charge in [-0.15, -0.1) is 0 Å². The molecular formula is C23H17FN2O2S. The summed E-state index contributed by atoms with van der Waals surface area (Å²) in [6, 6.07) is 23.1. The summed E-state index contributed by atoms with van der Waals surface area (Å²) < 4.78 is 18.9. The van der Waals surface area contributed by atoms with Crippen molar-refractivity contribution in [1.82, 2.24) is 5.32 Å². The minimum Gasteiger partial charge on any atom is -0.488 e. The molecule has 1 N–H and O–H groups in total. The number of aliphatic imine (C=N–C) groups is 1.